The number of oxime groups is 1. The molecule has 0 aliphatic carbocycles. The summed E-state index contributed by atoms with van der Waals surface area (Å²) < 4.78 is 5.22. The summed E-state index contributed by atoms with van der Waals surface area (Å²) in [4.78, 5) is 16.7. The molecule has 150 valence electrons. The second-order valence-electron chi connectivity index (χ2n) is 7.18. The maximum absolute atomic E-state index is 12.4. The Kier molecular flexibility index (Phi) is 8.58. The molecule has 0 radical (unpaired) electrons. The number of hydrogen-bond donors (Lipinski definition) is 1. The molecule has 1 heterocycles. The first kappa shape index (κ1) is 21.2. The highest BCUT2D eigenvalue weighted by Gasteiger charge is 2.20. The van der Waals surface area contributed by atoms with Crippen LogP contribution in [0.25, 0.3) is 0 Å². The van der Waals surface area contributed by atoms with E-state index in [1.165, 1.54) is 5.56 Å². The molecule has 1 N–H and O–H groups in total. The number of carbonyl (C=O) groups is 1. The Balaban J connectivity index is 1.74. The Labute approximate surface area is 162 Å². The van der Waals surface area contributed by atoms with Gasteiger partial charge in [-0.05, 0) is 50.6 Å². The fourth-order valence-electron chi connectivity index (χ4n) is 3.63. The highest BCUT2D eigenvalue weighted by molar-refractivity contribution is 5.87. The number of piperidine rings is 1. The summed E-state index contributed by atoms with van der Waals surface area (Å²) in [6.07, 6.45) is 3.81. The third kappa shape index (κ3) is 6.54. The van der Waals surface area contributed by atoms with E-state index < -0.39 is 0 Å². The summed E-state index contributed by atoms with van der Waals surface area (Å²) in [5, 5.41) is 12.1. The maximum atomic E-state index is 12.4. The highest BCUT2D eigenvalue weighted by atomic mass is 16.5. The summed E-state index contributed by atoms with van der Waals surface area (Å²) in [7, 11) is 1.68. The molecular formula is C21H33N3O3. The number of likely N-dealkylation sites (N-methyl/N-ethyl adjacent to an activating group) is 1. The molecule has 0 aromatic heterocycles. The number of methoxy groups -OCH3 is 1. The first-order chi connectivity index (χ1) is 13.1. The molecule has 2 rings (SSSR count). The van der Waals surface area contributed by atoms with Crippen LogP contribution in [0, 0.1) is 0 Å². The molecule has 1 atom stereocenters. The molecule has 27 heavy (non-hydrogen) atoms. The van der Waals surface area contributed by atoms with Gasteiger partial charge in [0.2, 0.25) is 5.91 Å². The number of amides is 1. The lowest BCUT2D eigenvalue weighted by Crippen LogP contribution is -2.39. The second kappa shape index (κ2) is 10.9. The van der Waals surface area contributed by atoms with E-state index in [1.54, 1.807) is 7.11 Å². The molecule has 0 bridgehead atoms. The van der Waals surface area contributed by atoms with Crippen LogP contribution >= 0.6 is 0 Å². The molecule has 0 spiro atoms. The van der Waals surface area contributed by atoms with Gasteiger partial charge in [0, 0.05) is 38.4 Å². The van der Waals surface area contributed by atoms with Gasteiger partial charge in [0.15, 0.2) is 0 Å². The summed E-state index contributed by atoms with van der Waals surface area (Å²) in [6, 6.07) is 8.67. The molecule has 6 heteroatoms. The molecule has 6 nitrogen and oxygen atoms in total. The minimum Gasteiger partial charge on any atom is -0.497 e. The van der Waals surface area contributed by atoms with Gasteiger partial charge in [-0.25, -0.2) is 0 Å². The zero-order chi connectivity index (χ0) is 19.6. The summed E-state index contributed by atoms with van der Waals surface area (Å²) >= 11 is 0. The smallest absolute Gasteiger partial charge is 0.222 e. The first-order valence-corrected chi connectivity index (χ1v) is 9.92. The average Bonchev–Trinajstić information content (AvgIpc) is 2.71. The topological polar surface area (TPSA) is 65.4 Å². The van der Waals surface area contributed by atoms with Crippen LogP contribution in [-0.2, 0) is 11.2 Å². The number of benzene rings is 1. The lowest BCUT2D eigenvalue weighted by atomic mass is 10.0. The minimum absolute atomic E-state index is 0.214. The van der Waals surface area contributed by atoms with E-state index in [0.717, 1.165) is 37.4 Å². The molecule has 1 amide bonds. The fraction of sp³-hybridized carbons (Fsp3) is 0.619. The van der Waals surface area contributed by atoms with Crippen molar-refractivity contribution in [3.8, 4) is 5.75 Å². The molecule has 1 fully saturated rings. The van der Waals surface area contributed by atoms with Crippen LogP contribution in [0.4, 0.5) is 0 Å². The van der Waals surface area contributed by atoms with Crippen LogP contribution in [0.2, 0.25) is 0 Å². The van der Waals surface area contributed by atoms with Gasteiger partial charge in [-0.15, -0.1) is 0 Å². The zero-order valence-electron chi connectivity index (χ0n) is 16.9. The summed E-state index contributed by atoms with van der Waals surface area (Å²) in [5.41, 5.74) is 2.09. The third-order valence-corrected chi connectivity index (χ3v) is 5.39. The molecule has 1 saturated heterocycles. The van der Waals surface area contributed by atoms with E-state index in [2.05, 4.69) is 36.0 Å². The van der Waals surface area contributed by atoms with Gasteiger partial charge >= 0.3 is 0 Å². The van der Waals surface area contributed by atoms with Crippen LogP contribution in [0.5, 0.6) is 5.75 Å². The van der Waals surface area contributed by atoms with Gasteiger partial charge in [0.05, 0.1) is 12.8 Å². The quantitative estimate of drug-likeness (QED) is 0.532. The third-order valence-electron chi connectivity index (χ3n) is 5.39. The van der Waals surface area contributed by atoms with Gasteiger partial charge < -0.3 is 19.7 Å². The molecular weight excluding hydrogens is 342 g/mol. The average molecular weight is 376 g/mol. The molecule has 1 unspecified atom stereocenters. The van der Waals surface area contributed by atoms with E-state index in [1.807, 2.05) is 17.0 Å². The number of ether oxygens (including phenoxy) is 1. The van der Waals surface area contributed by atoms with Crippen LogP contribution in [0.15, 0.2) is 29.4 Å². The van der Waals surface area contributed by atoms with E-state index in [-0.39, 0.29) is 5.91 Å². The van der Waals surface area contributed by atoms with Crippen molar-refractivity contribution in [3.63, 3.8) is 0 Å². The first-order valence-electron chi connectivity index (χ1n) is 9.92. The lowest BCUT2D eigenvalue weighted by molar-refractivity contribution is -0.131. The Bertz CT molecular complexity index is 606. The standard InChI is InChI=1S/C21H33N3O3/c1-4-23(17(2)16-18-7-9-20(27-3)10-8-18)13-5-6-21(25)24-14-11-19(22-26)12-15-24/h7-10,17,26H,4-6,11-16H2,1-3H3. The van der Waals surface area contributed by atoms with Crippen LogP contribution in [0.1, 0.15) is 45.1 Å². The Morgan fingerprint density at radius 1 is 1.30 bits per heavy atom. The van der Waals surface area contributed by atoms with E-state index in [9.17, 15) is 4.79 Å². The second-order valence-corrected chi connectivity index (χ2v) is 7.18. The van der Waals surface area contributed by atoms with Crippen LogP contribution < -0.4 is 4.74 Å². The number of nitrogens with zero attached hydrogens (tertiary/aromatic N) is 3. The van der Waals surface area contributed by atoms with Crippen molar-refractivity contribution in [2.45, 2.75) is 52.0 Å². The van der Waals surface area contributed by atoms with Crippen molar-refractivity contribution >= 4 is 11.6 Å². The van der Waals surface area contributed by atoms with Crippen LogP contribution in [-0.4, -0.2) is 66.0 Å². The Morgan fingerprint density at radius 2 is 1.96 bits per heavy atom. The van der Waals surface area contributed by atoms with E-state index in [0.29, 0.717) is 38.4 Å². The minimum atomic E-state index is 0.214. The van der Waals surface area contributed by atoms with Crippen LogP contribution in [0.3, 0.4) is 0 Å². The van der Waals surface area contributed by atoms with Crippen molar-refractivity contribution in [1.29, 1.82) is 0 Å². The van der Waals surface area contributed by atoms with Crippen molar-refractivity contribution < 1.29 is 14.7 Å². The molecule has 1 aromatic rings. The van der Waals surface area contributed by atoms with Gasteiger partial charge in [-0.3, -0.25) is 4.79 Å². The number of hydrogen-bond acceptors (Lipinski definition) is 5. The SMILES string of the molecule is CCN(CCCC(=O)N1CCC(=NO)CC1)C(C)Cc1ccc(OC)cc1. The maximum Gasteiger partial charge on any atom is 0.222 e. The fourth-order valence-corrected chi connectivity index (χ4v) is 3.63. The summed E-state index contributed by atoms with van der Waals surface area (Å²) in [6.45, 7) is 7.66. The van der Waals surface area contributed by atoms with Gasteiger partial charge in [-0.1, -0.05) is 24.2 Å². The Morgan fingerprint density at radius 3 is 2.52 bits per heavy atom. The Hall–Kier alpha value is -2.08. The molecule has 1 aliphatic rings. The highest BCUT2D eigenvalue weighted by Crippen LogP contribution is 2.15. The van der Waals surface area contributed by atoms with Gasteiger partial charge in [0.25, 0.3) is 0 Å². The van der Waals surface area contributed by atoms with E-state index in [4.69, 9.17) is 9.94 Å². The predicted octanol–water partition coefficient (Wildman–Crippen LogP) is 3.18. The largest absolute Gasteiger partial charge is 0.497 e. The van der Waals surface area contributed by atoms with Crippen molar-refractivity contribution in [3.05, 3.63) is 29.8 Å². The number of rotatable bonds is 9. The lowest BCUT2D eigenvalue weighted by Gasteiger charge is -2.29. The van der Waals surface area contributed by atoms with Crippen molar-refractivity contribution in [2.24, 2.45) is 5.16 Å². The van der Waals surface area contributed by atoms with Crippen molar-refractivity contribution in [2.75, 3.05) is 33.3 Å². The number of likely N-dealkylation sites (tertiary alicyclic amines) is 1. The summed E-state index contributed by atoms with van der Waals surface area (Å²) in [5.74, 6) is 1.10. The predicted molar refractivity (Wildman–Crippen MR) is 108 cm³/mol. The van der Waals surface area contributed by atoms with Crippen molar-refractivity contribution in [1.82, 2.24) is 9.80 Å². The normalized spacial score (nSPS) is 15.7. The zero-order valence-corrected chi connectivity index (χ0v) is 16.9. The van der Waals surface area contributed by atoms with Gasteiger partial charge in [-0.2, -0.15) is 0 Å². The monoisotopic (exact) mass is 375 g/mol. The number of carbonyl (C=O) groups excluding carboxylic acids is 1. The molecule has 1 aliphatic heterocycles. The van der Waals surface area contributed by atoms with Gasteiger partial charge in [0.1, 0.15) is 5.75 Å². The molecule has 1 aromatic carbocycles. The molecule has 0 saturated carbocycles. The van der Waals surface area contributed by atoms with E-state index >= 15 is 0 Å².